The van der Waals surface area contributed by atoms with Crippen LogP contribution in [0.4, 0.5) is 0 Å². The highest BCUT2D eigenvalue weighted by Crippen LogP contribution is 2.00. The summed E-state index contributed by atoms with van der Waals surface area (Å²) in [6, 6.07) is -0.251. The molecule has 0 aliphatic carbocycles. The maximum atomic E-state index is 11.6. The third-order valence-corrected chi connectivity index (χ3v) is 2.06. The summed E-state index contributed by atoms with van der Waals surface area (Å²) in [5, 5.41) is 8.11. The van der Waals surface area contributed by atoms with E-state index in [-0.39, 0.29) is 48.1 Å². The lowest BCUT2D eigenvalue weighted by Gasteiger charge is -2.19. The number of hydrogen-bond donors (Lipinski definition) is 3. The van der Waals surface area contributed by atoms with Crippen LogP contribution in [0.25, 0.3) is 0 Å². The number of likely N-dealkylation sites (N-methyl/N-ethyl adjacent to an activating group) is 2. The predicted molar refractivity (Wildman–Crippen MR) is 87.5 cm³/mol. The summed E-state index contributed by atoms with van der Waals surface area (Å²) in [4.78, 5) is 22.7. The van der Waals surface area contributed by atoms with E-state index in [0.29, 0.717) is 6.54 Å². The van der Waals surface area contributed by atoms with Gasteiger partial charge in [-0.25, -0.2) is 0 Å². The highest BCUT2D eigenvalue weighted by Gasteiger charge is 2.19. The summed E-state index contributed by atoms with van der Waals surface area (Å²) in [6.45, 7) is 10.4. The van der Waals surface area contributed by atoms with E-state index in [2.05, 4.69) is 16.0 Å². The fourth-order valence-electron chi connectivity index (χ4n) is 1.30. The van der Waals surface area contributed by atoms with E-state index in [0.717, 1.165) is 0 Å². The molecule has 0 fully saturated rings. The zero-order chi connectivity index (χ0) is 13.8. The number of hydrogen-bond acceptors (Lipinski definition) is 3. The van der Waals surface area contributed by atoms with Crippen molar-refractivity contribution < 1.29 is 13.9 Å². The van der Waals surface area contributed by atoms with Crippen LogP contribution in [0.5, 0.6) is 0 Å². The third-order valence-electron chi connectivity index (χ3n) is 2.06. The fraction of sp³-hybridized carbons (Fsp3) is 0.833. The van der Waals surface area contributed by atoms with Gasteiger partial charge in [-0.2, -0.15) is 13.5 Å². The minimum absolute atomic E-state index is 0. The quantitative estimate of drug-likeness (QED) is 0.690. The maximum Gasteiger partial charge on any atom is 0.239 e. The highest BCUT2D eigenvalue weighted by atomic mass is 32.1. The Morgan fingerprint density at radius 3 is 2.00 bits per heavy atom. The van der Waals surface area contributed by atoms with Gasteiger partial charge in [-0.15, -0.1) is 0 Å². The number of nitrogens with one attached hydrogen (secondary N) is 3. The minimum atomic E-state index is -0.251. The Morgan fingerprint density at radius 2 is 1.67 bits per heavy atom. The van der Waals surface area contributed by atoms with E-state index in [1.165, 1.54) is 0 Å². The monoisotopic (exact) mass is 285 g/mol. The molecule has 0 aliphatic heterocycles. The van der Waals surface area contributed by atoms with Crippen LogP contribution >= 0.6 is 13.5 Å². The average Bonchev–Trinajstić information content (AvgIpc) is 2.30. The van der Waals surface area contributed by atoms with Crippen molar-refractivity contribution in [2.45, 2.75) is 40.7 Å². The van der Waals surface area contributed by atoms with Crippen molar-refractivity contribution in [1.29, 1.82) is 0 Å². The van der Waals surface area contributed by atoms with Crippen molar-refractivity contribution in [1.82, 2.24) is 16.0 Å². The highest BCUT2D eigenvalue weighted by molar-refractivity contribution is 7.59. The number of carbonyl (C=O) groups is 2. The largest absolute Gasteiger partial charge is 0.355 e. The molecule has 0 aromatic rings. The molecule has 0 saturated carbocycles. The van der Waals surface area contributed by atoms with Crippen molar-refractivity contribution in [3.63, 3.8) is 0 Å². The number of rotatable bonds is 6. The summed E-state index contributed by atoms with van der Waals surface area (Å²) >= 11 is 0. The molecule has 116 valence electrons. The van der Waals surface area contributed by atoms with Crippen molar-refractivity contribution in [3.05, 3.63) is 0 Å². The Kier molecular flexibility index (Phi) is 17.8. The second-order valence-corrected chi connectivity index (χ2v) is 3.68. The molecule has 0 aliphatic rings. The van der Waals surface area contributed by atoms with E-state index in [1.54, 1.807) is 7.05 Å². The van der Waals surface area contributed by atoms with Crippen molar-refractivity contribution in [3.8, 4) is 0 Å². The molecule has 0 spiro atoms. The summed E-state index contributed by atoms with van der Waals surface area (Å²) in [5.41, 5.74) is 0. The molecule has 6 heteroatoms. The van der Waals surface area contributed by atoms with E-state index >= 15 is 0 Å². The minimum Gasteiger partial charge on any atom is -0.355 e. The Balaban J connectivity index is -0.0000000895. The van der Waals surface area contributed by atoms with Gasteiger partial charge in [0, 0.05) is 10.8 Å². The normalized spacial score (nSPS) is 10.6. The van der Waals surface area contributed by atoms with E-state index in [4.69, 9.17) is 0 Å². The number of carbonyl (C=O) groups excluding carboxylic acids is 2. The molecule has 0 bridgehead atoms. The molecular weight excluding hydrogens is 250 g/mol. The Bertz CT molecular complexity index is 236. The third kappa shape index (κ3) is 10.4. The molecule has 0 aromatic carbocycles. The van der Waals surface area contributed by atoms with Crippen LogP contribution in [-0.2, 0) is 9.59 Å². The summed E-state index contributed by atoms with van der Waals surface area (Å²) in [7, 11) is 1.73. The second kappa shape index (κ2) is 14.3. The summed E-state index contributed by atoms with van der Waals surface area (Å²) in [6.07, 6.45) is 0. The molecule has 3 N–H and O–H groups in total. The van der Waals surface area contributed by atoms with Crippen LogP contribution in [0, 0.1) is 5.92 Å². The lowest BCUT2D eigenvalue weighted by atomic mass is 10.0. The zero-order valence-electron chi connectivity index (χ0n) is 12.4. The second-order valence-electron chi connectivity index (χ2n) is 3.68. The molecule has 18 heavy (non-hydrogen) atoms. The van der Waals surface area contributed by atoms with Gasteiger partial charge >= 0.3 is 0 Å². The van der Waals surface area contributed by atoms with Crippen LogP contribution in [0.15, 0.2) is 0 Å². The maximum absolute atomic E-state index is 11.6. The van der Waals surface area contributed by atoms with Gasteiger partial charge in [-0.3, -0.25) is 9.59 Å². The first-order valence-corrected chi connectivity index (χ1v) is 6.24. The molecule has 1 atom stereocenters. The topological polar surface area (TPSA) is 70.2 Å². The van der Waals surface area contributed by atoms with Crippen LogP contribution in [0.2, 0.25) is 0 Å². The average molecular weight is 285 g/mol. The molecule has 0 aromatic heterocycles. The summed E-state index contributed by atoms with van der Waals surface area (Å²) in [5.74, 6) is -0.104. The first-order valence-electron chi connectivity index (χ1n) is 6.24. The SMILES string of the molecule is CC.CCNC(=O)CNC(=O)[C@@H](NC)C(C)C.S.[HH].[HH].[HH]. The zero-order valence-corrected chi connectivity index (χ0v) is 13.4. The molecule has 0 unspecified atom stereocenters. The van der Waals surface area contributed by atoms with Gasteiger partial charge in [0.1, 0.15) is 0 Å². The molecule has 0 radical (unpaired) electrons. The molecule has 2 amide bonds. The van der Waals surface area contributed by atoms with E-state index in [1.807, 2.05) is 34.6 Å². The van der Waals surface area contributed by atoms with E-state index < -0.39 is 0 Å². The van der Waals surface area contributed by atoms with Crippen molar-refractivity contribution in [2.75, 3.05) is 20.1 Å². The van der Waals surface area contributed by atoms with Crippen LogP contribution in [-0.4, -0.2) is 38.0 Å². The van der Waals surface area contributed by atoms with Crippen LogP contribution in [0.3, 0.4) is 0 Å². The van der Waals surface area contributed by atoms with Crippen molar-refractivity contribution >= 4 is 25.3 Å². The van der Waals surface area contributed by atoms with Crippen LogP contribution < -0.4 is 16.0 Å². The Morgan fingerprint density at radius 1 is 1.17 bits per heavy atom. The molecule has 0 heterocycles. The first kappa shape index (κ1) is 22.4. The van der Waals surface area contributed by atoms with Gasteiger partial charge in [0.25, 0.3) is 0 Å². The molecule has 0 saturated heterocycles. The standard InChI is InChI=1S/C10H21N3O2.C2H6.H2S.3H2/c1-5-12-8(14)6-13-10(15)9(11-4)7(2)3;1-2;;;;/h7,9,11H,5-6H2,1-4H3,(H,12,14)(H,13,15);1-2H3;1H2;3*1H/t9-;;;;;/m0...../s1. The van der Waals surface area contributed by atoms with Gasteiger partial charge in [0.15, 0.2) is 0 Å². The Hall–Kier alpha value is -0.750. The van der Waals surface area contributed by atoms with Gasteiger partial charge < -0.3 is 16.0 Å². The lowest BCUT2D eigenvalue weighted by molar-refractivity contribution is -0.127. The molecule has 0 rings (SSSR count). The van der Waals surface area contributed by atoms with Crippen molar-refractivity contribution in [2.24, 2.45) is 5.92 Å². The smallest absolute Gasteiger partial charge is 0.239 e. The Labute approximate surface area is 122 Å². The number of amides is 2. The van der Waals surface area contributed by atoms with Gasteiger partial charge in [-0.1, -0.05) is 27.7 Å². The van der Waals surface area contributed by atoms with Gasteiger partial charge in [0.2, 0.25) is 11.8 Å². The summed E-state index contributed by atoms with van der Waals surface area (Å²) < 4.78 is 0. The molecular formula is C12H35N3O2S. The fourth-order valence-corrected chi connectivity index (χ4v) is 1.30. The van der Waals surface area contributed by atoms with Crippen LogP contribution in [0.1, 0.15) is 38.9 Å². The predicted octanol–water partition coefficient (Wildman–Crippen LogP) is 1.36. The van der Waals surface area contributed by atoms with Gasteiger partial charge in [0.05, 0.1) is 12.6 Å². The van der Waals surface area contributed by atoms with E-state index in [9.17, 15) is 9.59 Å². The lowest BCUT2D eigenvalue weighted by Crippen LogP contribution is -2.48. The van der Waals surface area contributed by atoms with Gasteiger partial charge in [-0.05, 0) is 19.9 Å². The first-order chi connectivity index (χ1) is 8.02. The molecule has 5 nitrogen and oxygen atoms in total.